The first-order chi connectivity index (χ1) is 10.9. The van der Waals surface area contributed by atoms with Crippen LogP contribution in [0.3, 0.4) is 0 Å². The van der Waals surface area contributed by atoms with Crippen LogP contribution in [0.1, 0.15) is 32.4 Å². The molecule has 0 aromatic heterocycles. The third-order valence-corrected chi connectivity index (χ3v) is 4.45. The van der Waals surface area contributed by atoms with Crippen LogP contribution < -0.4 is 5.32 Å². The van der Waals surface area contributed by atoms with Crippen molar-refractivity contribution in [1.82, 2.24) is 10.2 Å². The molecule has 0 saturated carbocycles. The van der Waals surface area contributed by atoms with Crippen LogP contribution in [0.4, 0.5) is 4.39 Å². The summed E-state index contributed by atoms with van der Waals surface area (Å²) in [5.41, 5.74) is 0.630. The largest absolute Gasteiger partial charge is 0.387 e. The molecule has 2 atom stereocenters. The zero-order valence-electron chi connectivity index (χ0n) is 14.1. The third-order valence-electron chi connectivity index (χ3n) is 4.45. The molecule has 2 N–H and O–H groups in total. The van der Waals surface area contributed by atoms with Crippen molar-refractivity contribution in [3.63, 3.8) is 0 Å². The summed E-state index contributed by atoms with van der Waals surface area (Å²) in [6, 6.07) is 5.79. The number of carbonyl (C=O) groups is 1. The normalized spacial score (nSPS) is 17.7. The van der Waals surface area contributed by atoms with Crippen LogP contribution in [0.15, 0.2) is 24.3 Å². The number of amides is 1. The second-order valence-corrected chi connectivity index (χ2v) is 6.91. The molecular weight excluding hydrogens is 295 g/mol. The van der Waals surface area contributed by atoms with E-state index in [2.05, 4.69) is 19.2 Å². The fourth-order valence-electron chi connectivity index (χ4n) is 2.85. The monoisotopic (exact) mass is 322 g/mol. The number of aliphatic hydroxyl groups is 1. The summed E-state index contributed by atoms with van der Waals surface area (Å²) in [5.74, 6) is 0.412. The molecule has 0 aliphatic carbocycles. The lowest BCUT2D eigenvalue weighted by molar-refractivity contribution is -0.139. The molecule has 0 spiro atoms. The number of hydrogen-bond donors (Lipinski definition) is 2. The van der Waals surface area contributed by atoms with Gasteiger partial charge in [-0.2, -0.15) is 0 Å². The van der Waals surface area contributed by atoms with E-state index in [0.717, 1.165) is 13.1 Å². The Morgan fingerprint density at radius 1 is 1.26 bits per heavy atom. The van der Waals surface area contributed by atoms with Crippen molar-refractivity contribution in [2.24, 2.45) is 17.8 Å². The van der Waals surface area contributed by atoms with Crippen molar-refractivity contribution in [2.45, 2.75) is 26.9 Å². The second-order valence-electron chi connectivity index (χ2n) is 6.91. The van der Waals surface area contributed by atoms with Crippen molar-refractivity contribution in [3.05, 3.63) is 35.6 Å². The molecule has 5 heteroatoms. The predicted molar refractivity (Wildman–Crippen MR) is 88.3 cm³/mol. The Balaban J connectivity index is 2.04. The van der Waals surface area contributed by atoms with E-state index >= 15 is 0 Å². The van der Waals surface area contributed by atoms with E-state index in [1.54, 1.807) is 17.0 Å². The minimum absolute atomic E-state index is 0.0459. The van der Waals surface area contributed by atoms with Gasteiger partial charge in [-0.05, 0) is 42.6 Å². The molecular formula is C18H27FN2O2. The lowest BCUT2D eigenvalue weighted by Gasteiger charge is -2.36. The maximum absolute atomic E-state index is 13.0. The minimum Gasteiger partial charge on any atom is -0.387 e. The molecule has 0 radical (unpaired) electrons. The molecule has 2 unspecified atom stereocenters. The van der Waals surface area contributed by atoms with Gasteiger partial charge in [0, 0.05) is 12.5 Å². The lowest BCUT2D eigenvalue weighted by atomic mass is 9.87. The van der Waals surface area contributed by atoms with Gasteiger partial charge < -0.3 is 15.3 Å². The molecule has 2 rings (SSSR count). The molecule has 23 heavy (non-hydrogen) atoms. The van der Waals surface area contributed by atoms with Crippen molar-refractivity contribution < 1.29 is 14.3 Å². The Hall–Kier alpha value is -1.46. The first-order valence-corrected chi connectivity index (χ1v) is 8.31. The van der Waals surface area contributed by atoms with Gasteiger partial charge in [-0.15, -0.1) is 0 Å². The van der Waals surface area contributed by atoms with Crippen molar-refractivity contribution in [2.75, 3.05) is 26.2 Å². The van der Waals surface area contributed by atoms with Gasteiger partial charge in [-0.3, -0.25) is 4.79 Å². The first-order valence-electron chi connectivity index (χ1n) is 8.31. The standard InChI is InChI=1S/C18H27FN2O2/c1-12(2)10-21(18(23)13(3)15-8-20-9-15)11-17(22)14-4-6-16(19)7-5-14/h4-7,12-13,15,17,20,22H,8-11H2,1-3H3. The highest BCUT2D eigenvalue weighted by Gasteiger charge is 2.32. The van der Waals surface area contributed by atoms with E-state index in [-0.39, 0.29) is 24.2 Å². The fraction of sp³-hybridized carbons (Fsp3) is 0.611. The Bertz CT molecular complexity index is 514. The summed E-state index contributed by atoms with van der Waals surface area (Å²) in [5, 5.41) is 13.6. The summed E-state index contributed by atoms with van der Waals surface area (Å²) in [6.07, 6.45) is -0.801. The molecule has 1 aliphatic rings. The van der Waals surface area contributed by atoms with Crippen molar-refractivity contribution in [3.8, 4) is 0 Å². The highest BCUT2D eigenvalue weighted by Crippen LogP contribution is 2.22. The van der Waals surface area contributed by atoms with Crippen LogP contribution in [0.25, 0.3) is 0 Å². The molecule has 4 nitrogen and oxygen atoms in total. The highest BCUT2D eigenvalue weighted by atomic mass is 19.1. The van der Waals surface area contributed by atoms with E-state index in [1.807, 2.05) is 6.92 Å². The van der Waals surface area contributed by atoms with Crippen LogP contribution in [-0.2, 0) is 4.79 Å². The Morgan fingerprint density at radius 3 is 2.35 bits per heavy atom. The van der Waals surface area contributed by atoms with Gasteiger partial charge in [-0.1, -0.05) is 32.9 Å². The second kappa shape index (κ2) is 7.88. The number of nitrogens with one attached hydrogen (secondary N) is 1. The van der Waals surface area contributed by atoms with Gasteiger partial charge in [0.1, 0.15) is 5.82 Å². The van der Waals surface area contributed by atoms with Crippen molar-refractivity contribution >= 4 is 5.91 Å². The fourth-order valence-corrected chi connectivity index (χ4v) is 2.85. The predicted octanol–water partition coefficient (Wildman–Crippen LogP) is 2.20. The molecule has 1 aromatic carbocycles. The Labute approximate surface area is 137 Å². The summed E-state index contributed by atoms with van der Waals surface area (Å²) in [4.78, 5) is 14.5. The number of halogens is 1. The Kier molecular flexibility index (Phi) is 6.13. The quantitative estimate of drug-likeness (QED) is 0.809. The van der Waals surface area contributed by atoms with Crippen LogP contribution in [0.2, 0.25) is 0 Å². The minimum atomic E-state index is -0.801. The van der Waals surface area contributed by atoms with Gasteiger partial charge in [-0.25, -0.2) is 4.39 Å². The Morgan fingerprint density at radius 2 is 1.87 bits per heavy atom. The lowest BCUT2D eigenvalue weighted by Crippen LogP contribution is -2.51. The van der Waals surface area contributed by atoms with Crippen molar-refractivity contribution in [1.29, 1.82) is 0 Å². The van der Waals surface area contributed by atoms with Crippen LogP contribution in [0, 0.1) is 23.6 Å². The number of nitrogens with zero attached hydrogens (tertiary/aromatic N) is 1. The highest BCUT2D eigenvalue weighted by molar-refractivity contribution is 5.79. The number of aliphatic hydroxyl groups excluding tert-OH is 1. The van der Waals surface area contributed by atoms with E-state index in [4.69, 9.17) is 0 Å². The molecule has 1 saturated heterocycles. The summed E-state index contributed by atoms with van der Waals surface area (Å²) in [7, 11) is 0. The van der Waals surface area contributed by atoms with Crippen LogP contribution in [-0.4, -0.2) is 42.1 Å². The maximum atomic E-state index is 13.0. The molecule has 1 fully saturated rings. The molecule has 0 bridgehead atoms. The van der Waals surface area contributed by atoms with Gasteiger partial charge >= 0.3 is 0 Å². The van der Waals surface area contributed by atoms with Gasteiger partial charge in [0.2, 0.25) is 5.91 Å². The van der Waals surface area contributed by atoms with Gasteiger partial charge in [0.15, 0.2) is 0 Å². The third kappa shape index (κ3) is 4.75. The zero-order valence-corrected chi connectivity index (χ0v) is 14.1. The number of rotatable bonds is 7. The molecule has 1 aromatic rings. The molecule has 1 amide bonds. The summed E-state index contributed by atoms with van der Waals surface area (Å²) >= 11 is 0. The van der Waals surface area contributed by atoms with E-state index in [0.29, 0.717) is 23.9 Å². The number of benzene rings is 1. The number of carbonyl (C=O) groups excluding carboxylic acids is 1. The van der Waals surface area contributed by atoms with E-state index < -0.39 is 6.10 Å². The molecule has 128 valence electrons. The topological polar surface area (TPSA) is 52.6 Å². The van der Waals surface area contributed by atoms with E-state index in [9.17, 15) is 14.3 Å². The maximum Gasteiger partial charge on any atom is 0.225 e. The SMILES string of the molecule is CC(C)CN(CC(O)c1ccc(F)cc1)C(=O)C(C)C1CNC1. The number of hydrogen-bond acceptors (Lipinski definition) is 3. The summed E-state index contributed by atoms with van der Waals surface area (Å²) < 4.78 is 13.0. The van der Waals surface area contributed by atoms with Crippen LogP contribution >= 0.6 is 0 Å². The first kappa shape index (κ1) is 17.9. The average Bonchev–Trinajstić information content (AvgIpc) is 2.44. The summed E-state index contributed by atoms with van der Waals surface area (Å²) in [6.45, 7) is 8.69. The molecule has 1 aliphatic heterocycles. The average molecular weight is 322 g/mol. The van der Waals surface area contributed by atoms with E-state index in [1.165, 1.54) is 12.1 Å². The van der Waals surface area contributed by atoms with Gasteiger partial charge in [0.05, 0.1) is 12.6 Å². The smallest absolute Gasteiger partial charge is 0.225 e. The van der Waals surface area contributed by atoms with Crippen LogP contribution in [0.5, 0.6) is 0 Å². The zero-order chi connectivity index (χ0) is 17.0. The molecule has 1 heterocycles. The van der Waals surface area contributed by atoms with Gasteiger partial charge in [0.25, 0.3) is 0 Å².